The van der Waals surface area contributed by atoms with Gasteiger partial charge in [0.2, 0.25) is 5.91 Å². The summed E-state index contributed by atoms with van der Waals surface area (Å²) in [5.41, 5.74) is 0.657. The van der Waals surface area contributed by atoms with Gasteiger partial charge >= 0.3 is 5.97 Å². The van der Waals surface area contributed by atoms with Crippen molar-refractivity contribution in [3.8, 4) is 5.75 Å². The summed E-state index contributed by atoms with van der Waals surface area (Å²) in [4.78, 5) is 23.7. The first-order valence-corrected chi connectivity index (χ1v) is 7.22. The fourth-order valence-electron chi connectivity index (χ4n) is 2.95. The zero-order valence-corrected chi connectivity index (χ0v) is 12.3. The van der Waals surface area contributed by atoms with Gasteiger partial charge in [-0.25, -0.2) is 0 Å². The first kappa shape index (κ1) is 15.4. The molecule has 0 bridgehead atoms. The Morgan fingerprint density at radius 3 is 2.38 bits per heavy atom. The molecule has 21 heavy (non-hydrogen) atoms. The Kier molecular flexibility index (Phi) is 4.83. The molecule has 1 aliphatic rings. The summed E-state index contributed by atoms with van der Waals surface area (Å²) in [7, 11) is 1.58. The maximum atomic E-state index is 12.3. The van der Waals surface area contributed by atoms with Gasteiger partial charge in [0.25, 0.3) is 0 Å². The van der Waals surface area contributed by atoms with Gasteiger partial charge in [-0.2, -0.15) is 0 Å². The van der Waals surface area contributed by atoms with E-state index in [4.69, 9.17) is 4.74 Å². The SMILES string of the molecule is CCC1CC(C(=O)O)C(C(=O)Nc2ccc(OC)cc2)C1. The van der Waals surface area contributed by atoms with E-state index in [-0.39, 0.29) is 5.91 Å². The molecule has 1 aromatic carbocycles. The van der Waals surface area contributed by atoms with Crippen LogP contribution in [0.2, 0.25) is 0 Å². The highest BCUT2D eigenvalue weighted by Gasteiger charge is 2.42. The summed E-state index contributed by atoms with van der Waals surface area (Å²) < 4.78 is 5.06. The van der Waals surface area contributed by atoms with Crippen LogP contribution >= 0.6 is 0 Å². The summed E-state index contributed by atoms with van der Waals surface area (Å²) in [6, 6.07) is 7.01. The molecule has 0 aliphatic heterocycles. The van der Waals surface area contributed by atoms with E-state index in [1.54, 1.807) is 31.4 Å². The van der Waals surface area contributed by atoms with Gasteiger partial charge in [-0.3, -0.25) is 9.59 Å². The Bertz CT molecular complexity index is 512. The lowest BCUT2D eigenvalue weighted by molar-refractivity contribution is -0.145. The quantitative estimate of drug-likeness (QED) is 0.874. The smallest absolute Gasteiger partial charge is 0.307 e. The van der Waals surface area contributed by atoms with Gasteiger partial charge < -0.3 is 15.2 Å². The predicted octanol–water partition coefficient (Wildman–Crippen LogP) is 2.77. The van der Waals surface area contributed by atoms with Crippen LogP contribution in [0.3, 0.4) is 0 Å². The number of nitrogens with one attached hydrogen (secondary N) is 1. The standard InChI is InChI=1S/C16H21NO4/c1-3-10-8-13(14(9-10)16(19)20)15(18)17-11-4-6-12(21-2)7-5-11/h4-7,10,13-14H,3,8-9H2,1-2H3,(H,17,18)(H,19,20). The number of ether oxygens (including phenoxy) is 1. The second kappa shape index (κ2) is 6.61. The largest absolute Gasteiger partial charge is 0.497 e. The van der Waals surface area contributed by atoms with Gasteiger partial charge in [-0.1, -0.05) is 13.3 Å². The van der Waals surface area contributed by atoms with Crippen LogP contribution in [0.25, 0.3) is 0 Å². The lowest BCUT2D eigenvalue weighted by Crippen LogP contribution is -2.29. The normalized spacial score (nSPS) is 24.6. The highest BCUT2D eigenvalue weighted by molar-refractivity contribution is 5.95. The molecule has 0 spiro atoms. The third-order valence-corrected chi connectivity index (χ3v) is 4.25. The van der Waals surface area contributed by atoms with Crippen molar-refractivity contribution < 1.29 is 19.4 Å². The number of anilines is 1. The zero-order chi connectivity index (χ0) is 15.4. The number of carbonyl (C=O) groups excluding carboxylic acids is 1. The van der Waals surface area contributed by atoms with Crippen LogP contribution in [0.4, 0.5) is 5.69 Å². The molecule has 5 nitrogen and oxygen atoms in total. The number of amides is 1. The van der Waals surface area contributed by atoms with E-state index < -0.39 is 17.8 Å². The summed E-state index contributed by atoms with van der Waals surface area (Å²) in [6.45, 7) is 2.04. The number of benzene rings is 1. The number of hydrogen-bond donors (Lipinski definition) is 2. The van der Waals surface area contributed by atoms with Crippen molar-refractivity contribution in [1.82, 2.24) is 0 Å². The monoisotopic (exact) mass is 291 g/mol. The maximum absolute atomic E-state index is 12.3. The fraction of sp³-hybridized carbons (Fsp3) is 0.500. The minimum Gasteiger partial charge on any atom is -0.497 e. The molecular formula is C16H21NO4. The Morgan fingerprint density at radius 1 is 1.24 bits per heavy atom. The van der Waals surface area contributed by atoms with Gasteiger partial charge in [0.1, 0.15) is 5.75 Å². The van der Waals surface area contributed by atoms with Crippen molar-refractivity contribution in [2.75, 3.05) is 12.4 Å². The molecule has 3 atom stereocenters. The topological polar surface area (TPSA) is 75.6 Å². The number of rotatable bonds is 5. The second-order valence-corrected chi connectivity index (χ2v) is 5.51. The minimum atomic E-state index is -0.874. The third-order valence-electron chi connectivity index (χ3n) is 4.25. The average Bonchev–Trinajstić information content (AvgIpc) is 2.92. The van der Waals surface area contributed by atoms with Crippen LogP contribution in [0.1, 0.15) is 26.2 Å². The molecule has 5 heteroatoms. The summed E-state index contributed by atoms with van der Waals surface area (Å²) in [6.07, 6.45) is 2.15. The van der Waals surface area contributed by atoms with Crippen LogP contribution in [-0.4, -0.2) is 24.1 Å². The Morgan fingerprint density at radius 2 is 1.86 bits per heavy atom. The summed E-state index contributed by atoms with van der Waals surface area (Å²) in [5.74, 6) is -1.08. The molecule has 0 radical (unpaired) electrons. The average molecular weight is 291 g/mol. The maximum Gasteiger partial charge on any atom is 0.307 e. The first-order valence-electron chi connectivity index (χ1n) is 7.22. The third kappa shape index (κ3) is 3.54. The van der Waals surface area contributed by atoms with Gasteiger partial charge in [-0.15, -0.1) is 0 Å². The molecule has 3 unspecified atom stereocenters. The first-order chi connectivity index (χ1) is 10.0. The Balaban J connectivity index is 2.05. The van der Waals surface area contributed by atoms with Crippen molar-refractivity contribution in [3.63, 3.8) is 0 Å². The summed E-state index contributed by atoms with van der Waals surface area (Å²) in [5, 5.41) is 12.1. The van der Waals surface area contributed by atoms with Gasteiger partial charge in [-0.05, 0) is 43.0 Å². The van der Waals surface area contributed by atoms with Crippen molar-refractivity contribution in [2.45, 2.75) is 26.2 Å². The van der Waals surface area contributed by atoms with Crippen LogP contribution < -0.4 is 10.1 Å². The zero-order valence-electron chi connectivity index (χ0n) is 12.3. The molecule has 0 saturated heterocycles. The molecule has 1 saturated carbocycles. The molecule has 1 aliphatic carbocycles. The molecule has 1 aromatic rings. The van der Waals surface area contributed by atoms with E-state index in [1.807, 2.05) is 6.92 Å². The van der Waals surface area contributed by atoms with E-state index in [0.717, 1.165) is 6.42 Å². The number of carbonyl (C=O) groups is 2. The van der Waals surface area contributed by atoms with Crippen LogP contribution in [0, 0.1) is 17.8 Å². The second-order valence-electron chi connectivity index (χ2n) is 5.51. The molecule has 0 heterocycles. The van der Waals surface area contributed by atoms with Crippen LogP contribution in [0.5, 0.6) is 5.75 Å². The molecule has 1 amide bonds. The van der Waals surface area contributed by atoms with E-state index in [2.05, 4.69) is 5.32 Å². The highest BCUT2D eigenvalue weighted by atomic mass is 16.5. The van der Waals surface area contributed by atoms with E-state index in [9.17, 15) is 14.7 Å². The van der Waals surface area contributed by atoms with Gasteiger partial charge in [0.05, 0.1) is 18.9 Å². The molecular weight excluding hydrogens is 270 g/mol. The number of carboxylic acids is 1. The van der Waals surface area contributed by atoms with E-state index in [1.165, 1.54) is 0 Å². The molecule has 0 aromatic heterocycles. The van der Waals surface area contributed by atoms with Crippen LogP contribution in [-0.2, 0) is 9.59 Å². The lowest BCUT2D eigenvalue weighted by Gasteiger charge is -2.15. The number of methoxy groups -OCH3 is 1. The van der Waals surface area contributed by atoms with Gasteiger partial charge in [0.15, 0.2) is 0 Å². The number of hydrogen-bond acceptors (Lipinski definition) is 3. The van der Waals surface area contributed by atoms with E-state index >= 15 is 0 Å². The molecule has 114 valence electrons. The number of carboxylic acid groups (broad SMARTS) is 1. The lowest BCUT2D eigenvalue weighted by atomic mass is 9.95. The van der Waals surface area contributed by atoms with E-state index in [0.29, 0.717) is 30.2 Å². The highest BCUT2D eigenvalue weighted by Crippen LogP contribution is 2.39. The Labute approximate surface area is 124 Å². The summed E-state index contributed by atoms with van der Waals surface area (Å²) >= 11 is 0. The Hall–Kier alpha value is -2.04. The van der Waals surface area contributed by atoms with Gasteiger partial charge in [0, 0.05) is 5.69 Å². The number of aliphatic carboxylic acids is 1. The predicted molar refractivity (Wildman–Crippen MR) is 79.3 cm³/mol. The van der Waals surface area contributed by atoms with Crippen molar-refractivity contribution in [2.24, 2.45) is 17.8 Å². The van der Waals surface area contributed by atoms with Crippen molar-refractivity contribution in [1.29, 1.82) is 0 Å². The van der Waals surface area contributed by atoms with Crippen molar-refractivity contribution >= 4 is 17.6 Å². The molecule has 2 rings (SSSR count). The molecule has 2 N–H and O–H groups in total. The van der Waals surface area contributed by atoms with Crippen LogP contribution in [0.15, 0.2) is 24.3 Å². The fourth-order valence-corrected chi connectivity index (χ4v) is 2.95. The minimum absolute atomic E-state index is 0.205. The van der Waals surface area contributed by atoms with Crippen molar-refractivity contribution in [3.05, 3.63) is 24.3 Å². The molecule has 1 fully saturated rings.